The number of hydrogen-bond donors (Lipinski definition) is 1. The van der Waals surface area contributed by atoms with Gasteiger partial charge in [0.05, 0.1) is 6.61 Å². The van der Waals surface area contributed by atoms with E-state index in [1.807, 2.05) is 0 Å². The van der Waals surface area contributed by atoms with Gasteiger partial charge in [-0.25, -0.2) is 4.79 Å². The van der Waals surface area contributed by atoms with Crippen molar-refractivity contribution in [2.45, 2.75) is 113 Å². The number of aliphatic hydroxyl groups excluding tert-OH is 1. The summed E-state index contributed by atoms with van der Waals surface area (Å²) in [5.41, 5.74) is 6.78. The molecule has 3 aliphatic carbocycles. The Balaban J connectivity index is 0.000000577. The number of hydrogen-bond acceptors (Lipinski definition) is 4. The number of esters is 1. The minimum atomic E-state index is -0.463. The van der Waals surface area contributed by atoms with Gasteiger partial charge in [0.25, 0.3) is 0 Å². The second-order valence-corrected chi connectivity index (χ2v) is 13.5. The fraction of sp³-hybridized carbons (Fsp3) is 0.632. The van der Waals surface area contributed by atoms with E-state index in [9.17, 15) is 9.59 Å². The molecule has 244 valence electrons. The molecule has 3 aliphatic rings. The number of allylic oxidation sites excluding steroid dienone is 8. The van der Waals surface area contributed by atoms with E-state index in [-0.39, 0.29) is 5.97 Å². The van der Waals surface area contributed by atoms with Gasteiger partial charge in [0.1, 0.15) is 0 Å². The van der Waals surface area contributed by atoms with Crippen molar-refractivity contribution in [3.63, 3.8) is 0 Å². The van der Waals surface area contributed by atoms with Crippen molar-refractivity contribution in [3.05, 3.63) is 71.4 Å². The molecule has 0 amide bonds. The number of carbonyl (C=O) groups excluding carboxylic acids is 2. The maximum Gasteiger partial charge on any atom is 0.333 e. The molecule has 0 fully saturated rings. The van der Waals surface area contributed by atoms with E-state index in [2.05, 4.69) is 79.5 Å². The number of ether oxygens (including phenoxy) is 1. The zero-order valence-electron chi connectivity index (χ0n) is 28.6. The highest BCUT2D eigenvalue weighted by atomic mass is 35.5. The zero-order chi connectivity index (χ0) is 33.1. The monoisotopic (exact) mass is 616 g/mol. The van der Waals surface area contributed by atoms with Crippen molar-refractivity contribution in [1.82, 2.24) is 0 Å². The third-order valence-corrected chi connectivity index (χ3v) is 9.07. The maximum absolute atomic E-state index is 11.2. The summed E-state index contributed by atoms with van der Waals surface area (Å²) >= 11 is 4.87. The first-order chi connectivity index (χ1) is 20.1. The predicted molar refractivity (Wildman–Crippen MR) is 185 cm³/mol. The van der Waals surface area contributed by atoms with Gasteiger partial charge in [0, 0.05) is 17.8 Å². The van der Waals surface area contributed by atoms with Crippen LogP contribution >= 0.6 is 11.6 Å². The van der Waals surface area contributed by atoms with Crippen LogP contribution in [0.15, 0.2) is 71.4 Å². The van der Waals surface area contributed by atoms with Crippen LogP contribution in [0.25, 0.3) is 0 Å². The standard InChI is InChI=1S/C14H22O2.C10H18O.C10H16.C4H5ClO/c1-10(2)14(15)16-9-12(4)13-7-5-11(3)6-8-13;1-8-3-5-10(6-4-8)9(2)7-11;1-8(2)10-6-4-9(3)5-7-10;1-3(2)4(5)6/h5,12-13H,1,6-9H2,2-4H3;3,9-11H,4-7H2,1-2H3;4,10H,1,5-7H2,2-3H3;1H2,2H3/t12?,13-;9?,10-;10-;/m000./s1. The quantitative estimate of drug-likeness (QED) is 0.127. The van der Waals surface area contributed by atoms with E-state index in [1.54, 1.807) is 19.4 Å². The average Bonchev–Trinajstić information content (AvgIpc) is 2.97. The molecule has 1 N–H and O–H groups in total. The zero-order valence-corrected chi connectivity index (χ0v) is 29.3. The molecule has 0 heterocycles. The van der Waals surface area contributed by atoms with Gasteiger partial charge in [-0.2, -0.15) is 0 Å². The van der Waals surface area contributed by atoms with Crippen molar-refractivity contribution >= 4 is 22.8 Å². The van der Waals surface area contributed by atoms with E-state index in [1.165, 1.54) is 68.1 Å². The molecule has 5 heteroatoms. The third-order valence-electron chi connectivity index (χ3n) is 8.75. The van der Waals surface area contributed by atoms with Gasteiger partial charge < -0.3 is 9.84 Å². The summed E-state index contributed by atoms with van der Waals surface area (Å²) < 4.78 is 5.19. The van der Waals surface area contributed by atoms with E-state index in [4.69, 9.17) is 21.4 Å². The first-order valence-corrected chi connectivity index (χ1v) is 16.4. The van der Waals surface area contributed by atoms with Crippen LogP contribution in [0.5, 0.6) is 0 Å². The molecule has 0 radical (unpaired) electrons. The SMILES string of the molecule is C=C(C)C(=O)Cl.C=C(C)C(=O)OCC(C)[C@H]1CC=C(C)CC1.C=C(C)[C@H]1CC=C(C)CC1.CC1=CC[C@H](C(C)CO)CC1. The number of halogens is 1. The predicted octanol–water partition coefficient (Wildman–Crippen LogP) is 10.5. The molecule has 0 aliphatic heterocycles. The summed E-state index contributed by atoms with van der Waals surface area (Å²) in [6, 6.07) is 0. The molecule has 0 saturated carbocycles. The van der Waals surface area contributed by atoms with Crippen LogP contribution in [-0.2, 0) is 14.3 Å². The van der Waals surface area contributed by atoms with Crippen LogP contribution < -0.4 is 0 Å². The topological polar surface area (TPSA) is 63.6 Å². The lowest BCUT2D eigenvalue weighted by molar-refractivity contribution is -0.140. The van der Waals surface area contributed by atoms with Crippen molar-refractivity contribution in [2.75, 3.05) is 13.2 Å². The summed E-state index contributed by atoms with van der Waals surface area (Å²) in [6.07, 6.45) is 18.0. The Hall–Kier alpha value is -2.17. The molecule has 0 saturated heterocycles. The molecular formula is C38H61ClO4. The highest BCUT2D eigenvalue weighted by molar-refractivity contribution is 6.67. The fourth-order valence-corrected chi connectivity index (χ4v) is 5.03. The van der Waals surface area contributed by atoms with Gasteiger partial charge in [-0.3, -0.25) is 4.79 Å². The average molecular weight is 617 g/mol. The molecule has 0 bridgehead atoms. The van der Waals surface area contributed by atoms with Crippen LogP contribution in [0.1, 0.15) is 113 Å². The number of rotatable bonds is 8. The maximum atomic E-state index is 11.2. The van der Waals surface area contributed by atoms with Crippen molar-refractivity contribution in [3.8, 4) is 0 Å². The van der Waals surface area contributed by atoms with Crippen molar-refractivity contribution in [1.29, 1.82) is 0 Å². The Labute approximate surface area is 269 Å². The molecule has 43 heavy (non-hydrogen) atoms. The lowest BCUT2D eigenvalue weighted by Crippen LogP contribution is -2.21. The molecule has 3 rings (SSSR count). The Kier molecular flexibility index (Phi) is 21.2. The van der Waals surface area contributed by atoms with Crippen LogP contribution in [0.3, 0.4) is 0 Å². The summed E-state index contributed by atoms with van der Waals surface area (Å²) in [7, 11) is 0. The van der Waals surface area contributed by atoms with Crippen LogP contribution in [-0.4, -0.2) is 29.5 Å². The highest BCUT2D eigenvalue weighted by Crippen LogP contribution is 2.30. The molecule has 2 unspecified atom stereocenters. The van der Waals surface area contributed by atoms with Crippen LogP contribution in [0.4, 0.5) is 0 Å². The summed E-state index contributed by atoms with van der Waals surface area (Å²) in [5.74, 6) is 2.80. The molecule has 0 aromatic carbocycles. The lowest BCUT2D eigenvalue weighted by atomic mass is 9.82. The van der Waals surface area contributed by atoms with Gasteiger partial charge in [0.15, 0.2) is 0 Å². The minimum absolute atomic E-state index is 0.269. The smallest absolute Gasteiger partial charge is 0.333 e. The summed E-state index contributed by atoms with van der Waals surface area (Å²) in [6.45, 7) is 28.0. The first-order valence-electron chi connectivity index (χ1n) is 16.0. The van der Waals surface area contributed by atoms with Gasteiger partial charge in [0.2, 0.25) is 5.24 Å². The third kappa shape index (κ3) is 19.0. The van der Waals surface area contributed by atoms with Gasteiger partial charge in [-0.15, -0.1) is 0 Å². The molecular weight excluding hydrogens is 556 g/mol. The fourth-order valence-electron chi connectivity index (χ4n) is 5.03. The first kappa shape index (κ1) is 40.8. The Morgan fingerprint density at radius 2 is 1.23 bits per heavy atom. The van der Waals surface area contributed by atoms with E-state index < -0.39 is 5.24 Å². The molecule has 0 aromatic heterocycles. The second kappa shape index (κ2) is 22.4. The molecule has 4 nitrogen and oxygen atoms in total. The largest absolute Gasteiger partial charge is 0.462 e. The second-order valence-electron chi connectivity index (χ2n) is 13.1. The van der Waals surface area contributed by atoms with Gasteiger partial charge >= 0.3 is 5.97 Å². The molecule has 0 aromatic rings. The Morgan fingerprint density at radius 3 is 1.53 bits per heavy atom. The van der Waals surface area contributed by atoms with Crippen LogP contribution in [0.2, 0.25) is 0 Å². The number of aliphatic hydroxyl groups is 1. The molecule has 0 spiro atoms. The Bertz CT molecular complexity index is 1000. The normalized spacial score (nSPS) is 22.5. The van der Waals surface area contributed by atoms with Gasteiger partial charge in [-0.1, -0.05) is 74.1 Å². The van der Waals surface area contributed by atoms with E-state index in [0.717, 1.165) is 18.3 Å². The highest BCUT2D eigenvalue weighted by Gasteiger charge is 2.21. The van der Waals surface area contributed by atoms with Crippen molar-refractivity contribution < 1.29 is 19.4 Å². The summed E-state index contributed by atoms with van der Waals surface area (Å²) in [5, 5.41) is 8.47. The van der Waals surface area contributed by atoms with E-state index in [0.29, 0.717) is 42.1 Å². The van der Waals surface area contributed by atoms with E-state index >= 15 is 0 Å². The van der Waals surface area contributed by atoms with Gasteiger partial charge in [-0.05, 0) is 141 Å². The Morgan fingerprint density at radius 1 is 0.814 bits per heavy atom. The molecule has 5 atom stereocenters. The number of carbonyl (C=O) groups is 2. The lowest BCUT2D eigenvalue weighted by Gasteiger charge is -2.26. The van der Waals surface area contributed by atoms with Crippen molar-refractivity contribution in [2.24, 2.45) is 29.6 Å². The minimum Gasteiger partial charge on any atom is -0.462 e. The summed E-state index contributed by atoms with van der Waals surface area (Å²) in [4.78, 5) is 21.1. The van der Waals surface area contributed by atoms with Crippen LogP contribution in [0, 0.1) is 29.6 Å².